The Bertz CT molecular complexity index is 787. The van der Waals surface area contributed by atoms with Crippen molar-refractivity contribution in [3.63, 3.8) is 0 Å². The molecule has 7 heteroatoms. The zero-order valence-electron chi connectivity index (χ0n) is 15.3. The molecule has 2 N–H and O–H groups in total. The lowest BCUT2D eigenvalue weighted by molar-refractivity contribution is -0.122. The van der Waals surface area contributed by atoms with Crippen molar-refractivity contribution in [1.29, 1.82) is 0 Å². The number of nitrogens with zero attached hydrogens (tertiary/aromatic N) is 3. The average Bonchev–Trinajstić information content (AvgIpc) is 2.70. The minimum atomic E-state index is -0.148. The summed E-state index contributed by atoms with van der Waals surface area (Å²) in [7, 11) is 1.48. The lowest BCUT2D eigenvalue weighted by Crippen LogP contribution is -2.49. The molecule has 142 valence electrons. The van der Waals surface area contributed by atoms with Gasteiger partial charge in [0, 0.05) is 31.9 Å². The number of methoxy groups -OCH3 is 1. The third-order valence-corrected chi connectivity index (χ3v) is 4.47. The van der Waals surface area contributed by atoms with E-state index >= 15 is 0 Å². The number of piperazine rings is 1. The van der Waals surface area contributed by atoms with Gasteiger partial charge in [-0.1, -0.05) is 18.2 Å². The molecular formula is C20H24N4O3. The molecule has 1 fully saturated rings. The van der Waals surface area contributed by atoms with Gasteiger partial charge in [-0.25, -0.2) is 5.43 Å². The molecule has 0 atom stereocenters. The van der Waals surface area contributed by atoms with Crippen molar-refractivity contribution >= 4 is 17.8 Å². The summed E-state index contributed by atoms with van der Waals surface area (Å²) in [6.45, 7) is 3.78. The Balaban J connectivity index is 1.43. The van der Waals surface area contributed by atoms with Gasteiger partial charge >= 0.3 is 0 Å². The van der Waals surface area contributed by atoms with Gasteiger partial charge in [-0.2, -0.15) is 5.10 Å². The molecule has 0 aromatic heterocycles. The van der Waals surface area contributed by atoms with Crippen LogP contribution >= 0.6 is 0 Å². The van der Waals surface area contributed by atoms with E-state index < -0.39 is 0 Å². The molecule has 2 aromatic rings. The Morgan fingerprint density at radius 1 is 1.19 bits per heavy atom. The first-order valence-electron chi connectivity index (χ1n) is 8.87. The maximum absolute atomic E-state index is 12.1. The van der Waals surface area contributed by atoms with E-state index in [1.807, 2.05) is 18.2 Å². The molecule has 0 aliphatic carbocycles. The van der Waals surface area contributed by atoms with E-state index in [2.05, 4.69) is 32.5 Å². The molecule has 1 aliphatic heterocycles. The van der Waals surface area contributed by atoms with Gasteiger partial charge in [0.1, 0.15) is 0 Å². The summed E-state index contributed by atoms with van der Waals surface area (Å²) in [5, 5.41) is 13.5. The number of carbonyl (C=O) groups excluding carboxylic acids is 1. The van der Waals surface area contributed by atoms with Gasteiger partial charge in [0.05, 0.1) is 19.9 Å². The second-order valence-corrected chi connectivity index (χ2v) is 6.32. The fraction of sp³-hybridized carbons (Fsp3) is 0.300. The highest BCUT2D eigenvalue weighted by molar-refractivity contribution is 5.83. The fourth-order valence-electron chi connectivity index (χ4n) is 2.99. The summed E-state index contributed by atoms with van der Waals surface area (Å²) in [6, 6.07) is 15.2. The Labute approximate surface area is 158 Å². The standard InChI is InChI=1S/C20H24N4O3/c1-27-19-13-16(7-8-18(19)25)14-21-22-20(26)15-23-9-11-24(12-10-23)17-5-3-2-4-6-17/h2-8,13-14,25H,9-12,15H2,1H3,(H,22,26)/b21-14+. The van der Waals surface area contributed by atoms with Crippen molar-refractivity contribution < 1.29 is 14.6 Å². The monoisotopic (exact) mass is 368 g/mol. The lowest BCUT2D eigenvalue weighted by atomic mass is 10.2. The highest BCUT2D eigenvalue weighted by atomic mass is 16.5. The number of carbonyl (C=O) groups is 1. The van der Waals surface area contributed by atoms with Gasteiger partial charge < -0.3 is 14.7 Å². The first-order valence-corrected chi connectivity index (χ1v) is 8.87. The third kappa shape index (κ3) is 5.21. The van der Waals surface area contributed by atoms with Crippen molar-refractivity contribution in [2.75, 3.05) is 44.7 Å². The lowest BCUT2D eigenvalue weighted by Gasteiger charge is -2.35. The molecule has 0 saturated carbocycles. The second kappa shape index (κ2) is 9.05. The highest BCUT2D eigenvalue weighted by Crippen LogP contribution is 2.25. The van der Waals surface area contributed by atoms with Crippen LogP contribution < -0.4 is 15.1 Å². The predicted molar refractivity (Wildman–Crippen MR) is 105 cm³/mol. The van der Waals surface area contributed by atoms with Crippen molar-refractivity contribution in [1.82, 2.24) is 10.3 Å². The number of para-hydroxylation sites is 1. The van der Waals surface area contributed by atoms with E-state index in [4.69, 9.17) is 4.74 Å². The van der Waals surface area contributed by atoms with Gasteiger partial charge in [0.25, 0.3) is 5.91 Å². The summed E-state index contributed by atoms with van der Waals surface area (Å²) in [4.78, 5) is 16.5. The van der Waals surface area contributed by atoms with Crippen molar-refractivity contribution in [2.24, 2.45) is 5.10 Å². The quantitative estimate of drug-likeness (QED) is 0.599. The number of hydrazone groups is 1. The van der Waals surface area contributed by atoms with Gasteiger partial charge in [0.15, 0.2) is 11.5 Å². The van der Waals surface area contributed by atoms with Crippen LogP contribution in [0.25, 0.3) is 0 Å². The zero-order chi connectivity index (χ0) is 19.1. The number of ether oxygens (including phenoxy) is 1. The highest BCUT2D eigenvalue weighted by Gasteiger charge is 2.18. The number of phenols is 1. The fourth-order valence-corrected chi connectivity index (χ4v) is 2.99. The van der Waals surface area contributed by atoms with Crippen molar-refractivity contribution in [3.05, 3.63) is 54.1 Å². The molecule has 7 nitrogen and oxygen atoms in total. The van der Waals surface area contributed by atoms with Crippen LogP contribution in [-0.4, -0.2) is 62.0 Å². The van der Waals surface area contributed by atoms with Crippen molar-refractivity contribution in [2.45, 2.75) is 0 Å². The van der Waals surface area contributed by atoms with E-state index in [1.165, 1.54) is 25.1 Å². The molecule has 1 saturated heterocycles. The summed E-state index contributed by atoms with van der Waals surface area (Å²) < 4.78 is 5.04. The van der Waals surface area contributed by atoms with Crippen LogP contribution in [0.3, 0.4) is 0 Å². The number of anilines is 1. The molecular weight excluding hydrogens is 344 g/mol. The molecule has 0 bridgehead atoms. The molecule has 1 heterocycles. The Morgan fingerprint density at radius 2 is 1.93 bits per heavy atom. The Kier molecular flexibility index (Phi) is 6.27. The van der Waals surface area contributed by atoms with Crippen LogP contribution in [-0.2, 0) is 4.79 Å². The van der Waals surface area contributed by atoms with E-state index in [-0.39, 0.29) is 11.7 Å². The first-order chi connectivity index (χ1) is 13.2. The van der Waals surface area contributed by atoms with Crippen LogP contribution in [0.1, 0.15) is 5.56 Å². The summed E-state index contributed by atoms with van der Waals surface area (Å²) >= 11 is 0. The smallest absolute Gasteiger partial charge is 0.254 e. The summed E-state index contributed by atoms with van der Waals surface area (Å²) in [5.41, 5.74) is 4.49. The predicted octanol–water partition coefficient (Wildman–Crippen LogP) is 1.67. The number of amides is 1. The van der Waals surface area contributed by atoms with Crippen LogP contribution in [0, 0.1) is 0 Å². The average molecular weight is 368 g/mol. The van der Waals surface area contributed by atoms with Gasteiger partial charge in [-0.05, 0) is 35.9 Å². The van der Waals surface area contributed by atoms with Crippen molar-refractivity contribution in [3.8, 4) is 11.5 Å². The van der Waals surface area contributed by atoms with Crippen LogP contribution in [0.5, 0.6) is 11.5 Å². The second-order valence-electron chi connectivity index (χ2n) is 6.32. The van der Waals surface area contributed by atoms with Crippen LogP contribution in [0.4, 0.5) is 5.69 Å². The number of benzene rings is 2. The number of rotatable bonds is 6. The molecule has 2 aromatic carbocycles. The number of phenolic OH excluding ortho intramolecular Hbond substituents is 1. The van der Waals surface area contributed by atoms with E-state index in [1.54, 1.807) is 12.1 Å². The van der Waals surface area contributed by atoms with Gasteiger partial charge in [-0.3, -0.25) is 9.69 Å². The minimum absolute atomic E-state index is 0.0633. The molecule has 0 unspecified atom stereocenters. The normalized spacial score (nSPS) is 15.1. The zero-order valence-corrected chi connectivity index (χ0v) is 15.3. The molecule has 0 radical (unpaired) electrons. The topological polar surface area (TPSA) is 77.4 Å². The van der Waals surface area contributed by atoms with E-state index in [0.29, 0.717) is 12.3 Å². The van der Waals surface area contributed by atoms with E-state index in [9.17, 15) is 9.90 Å². The van der Waals surface area contributed by atoms with Crippen LogP contribution in [0.15, 0.2) is 53.6 Å². The van der Waals surface area contributed by atoms with Crippen LogP contribution in [0.2, 0.25) is 0 Å². The number of hydrogen-bond acceptors (Lipinski definition) is 6. The molecule has 27 heavy (non-hydrogen) atoms. The number of nitrogens with one attached hydrogen (secondary N) is 1. The molecule has 3 rings (SSSR count). The maximum Gasteiger partial charge on any atom is 0.254 e. The van der Waals surface area contributed by atoms with Gasteiger partial charge in [-0.15, -0.1) is 0 Å². The first kappa shape index (κ1) is 18.7. The Hall–Kier alpha value is -3.06. The summed E-state index contributed by atoms with van der Waals surface area (Å²) in [6.07, 6.45) is 1.52. The molecule has 1 amide bonds. The van der Waals surface area contributed by atoms with Gasteiger partial charge in [0.2, 0.25) is 0 Å². The number of aromatic hydroxyl groups is 1. The minimum Gasteiger partial charge on any atom is -0.504 e. The molecule has 0 spiro atoms. The number of hydrogen-bond donors (Lipinski definition) is 2. The molecule has 1 aliphatic rings. The Morgan fingerprint density at radius 3 is 2.63 bits per heavy atom. The van der Waals surface area contributed by atoms with E-state index in [0.717, 1.165) is 31.7 Å². The largest absolute Gasteiger partial charge is 0.504 e. The SMILES string of the molecule is COc1cc(/C=N/NC(=O)CN2CCN(c3ccccc3)CC2)ccc1O. The summed E-state index contributed by atoms with van der Waals surface area (Å²) in [5.74, 6) is 0.278. The maximum atomic E-state index is 12.1. The third-order valence-electron chi connectivity index (χ3n) is 4.47.